The number of rotatable bonds is 9. The van der Waals surface area contributed by atoms with E-state index >= 15 is 0 Å². The Balaban J connectivity index is 2.12. The fraction of sp³-hybridized carbons (Fsp3) is 0.391. The summed E-state index contributed by atoms with van der Waals surface area (Å²) < 4.78 is 0. The van der Waals surface area contributed by atoms with Gasteiger partial charge in [-0.1, -0.05) is 53.5 Å². The minimum Gasteiger partial charge on any atom is -0.352 e. The Morgan fingerprint density at radius 1 is 1.07 bits per heavy atom. The highest BCUT2D eigenvalue weighted by atomic mass is 35.5. The van der Waals surface area contributed by atoms with Gasteiger partial charge in [0.25, 0.3) is 0 Å². The molecule has 0 aliphatic heterocycles. The Morgan fingerprint density at radius 3 is 2.40 bits per heavy atom. The molecule has 0 aliphatic carbocycles. The third-order valence-corrected chi connectivity index (χ3v) is 6.38. The number of hydrogen-bond donors (Lipinski definition) is 1. The number of benzene rings is 2. The summed E-state index contributed by atoms with van der Waals surface area (Å²) in [5.41, 5.74) is 3.23. The van der Waals surface area contributed by atoms with Crippen molar-refractivity contribution in [1.29, 1.82) is 0 Å². The van der Waals surface area contributed by atoms with Crippen LogP contribution >= 0.6 is 35.0 Å². The molecule has 7 heteroatoms. The van der Waals surface area contributed by atoms with Gasteiger partial charge < -0.3 is 10.2 Å². The predicted octanol–water partition coefficient (Wildman–Crippen LogP) is 5.48. The number of hydrogen-bond acceptors (Lipinski definition) is 3. The van der Waals surface area contributed by atoms with Gasteiger partial charge in [-0.2, -0.15) is 0 Å². The van der Waals surface area contributed by atoms with Crippen LogP contribution in [0.25, 0.3) is 0 Å². The van der Waals surface area contributed by atoms with E-state index in [4.69, 9.17) is 23.2 Å². The minimum absolute atomic E-state index is 0.00249. The highest BCUT2D eigenvalue weighted by molar-refractivity contribution is 7.99. The monoisotopic (exact) mass is 466 g/mol. The lowest BCUT2D eigenvalue weighted by Crippen LogP contribution is -2.49. The Morgan fingerprint density at radius 2 is 1.77 bits per heavy atom. The average Bonchev–Trinajstić information content (AvgIpc) is 2.69. The third kappa shape index (κ3) is 7.22. The van der Waals surface area contributed by atoms with E-state index < -0.39 is 6.04 Å². The van der Waals surface area contributed by atoms with Crippen LogP contribution in [0, 0.1) is 6.92 Å². The number of nitrogens with one attached hydrogen (secondary N) is 1. The molecule has 30 heavy (non-hydrogen) atoms. The number of aryl methyl sites for hydroxylation is 1. The number of halogens is 2. The smallest absolute Gasteiger partial charge is 0.242 e. The topological polar surface area (TPSA) is 49.4 Å². The van der Waals surface area contributed by atoms with Crippen molar-refractivity contribution in [3.8, 4) is 0 Å². The van der Waals surface area contributed by atoms with Crippen LogP contribution in [0.15, 0.2) is 42.5 Å². The van der Waals surface area contributed by atoms with Gasteiger partial charge in [-0.25, -0.2) is 0 Å². The molecule has 2 amide bonds. The van der Waals surface area contributed by atoms with Gasteiger partial charge in [-0.05, 0) is 56.5 Å². The molecule has 0 aliphatic rings. The molecule has 0 aromatic heterocycles. The van der Waals surface area contributed by atoms with Crippen molar-refractivity contribution in [1.82, 2.24) is 10.2 Å². The molecule has 0 spiro atoms. The maximum absolute atomic E-state index is 13.1. The molecule has 1 N–H and O–H groups in total. The average molecular weight is 467 g/mol. The van der Waals surface area contributed by atoms with Gasteiger partial charge in [0, 0.05) is 18.3 Å². The van der Waals surface area contributed by atoms with Gasteiger partial charge in [0.1, 0.15) is 6.04 Å². The van der Waals surface area contributed by atoms with Crippen LogP contribution in [0.2, 0.25) is 10.0 Å². The van der Waals surface area contributed by atoms with Crippen LogP contribution in [0.1, 0.15) is 37.5 Å². The summed E-state index contributed by atoms with van der Waals surface area (Å²) in [6, 6.07) is 12.8. The lowest BCUT2D eigenvalue weighted by molar-refractivity contribution is -0.138. The van der Waals surface area contributed by atoms with Crippen LogP contribution in [0.4, 0.5) is 0 Å². The normalized spacial score (nSPS) is 12.0. The van der Waals surface area contributed by atoms with Gasteiger partial charge in [-0.15, -0.1) is 11.8 Å². The maximum atomic E-state index is 13.1. The van der Waals surface area contributed by atoms with Gasteiger partial charge in [-0.3, -0.25) is 9.59 Å². The van der Waals surface area contributed by atoms with Crippen LogP contribution in [0.5, 0.6) is 0 Å². The van der Waals surface area contributed by atoms with Crippen molar-refractivity contribution in [2.75, 3.05) is 5.75 Å². The van der Waals surface area contributed by atoms with E-state index in [1.807, 2.05) is 32.0 Å². The van der Waals surface area contributed by atoms with E-state index in [2.05, 4.69) is 24.4 Å². The fourth-order valence-corrected chi connectivity index (χ4v) is 4.23. The number of amides is 2. The van der Waals surface area contributed by atoms with Gasteiger partial charge in [0.15, 0.2) is 0 Å². The van der Waals surface area contributed by atoms with E-state index in [0.717, 1.165) is 11.3 Å². The van der Waals surface area contributed by atoms with Crippen molar-refractivity contribution in [3.05, 3.63) is 69.2 Å². The molecular formula is C23H28Cl2N2O2S. The van der Waals surface area contributed by atoms with Crippen molar-refractivity contribution in [2.24, 2.45) is 0 Å². The standard InChI is InChI=1S/C23H28Cl2N2O2S/c1-15(2)26-23(29)17(4)27(12-18-9-10-20(24)21(25)11-18)22(28)14-30-13-19-8-6-5-7-16(19)3/h5-11,15,17H,12-14H2,1-4H3,(H,26,29)/t17-/m0/s1. The maximum Gasteiger partial charge on any atom is 0.242 e. The minimum atomic E-state index is -0.603. The van der Waals surface area contributed by atoms with E-state index in [1.165, 1.54) is 11.1 Å². The second-order valence-corrected chi connectivity index (χ2v) is 9.33. The zero-order chi connectivity index (χ0) is 22.3. The summed E-state index contributed by atoms with van der Waals surface area (Å²) in [5.74, 6) is 0.758. The molecule has 0 radical (unpaired) electrons. The van der Waals surface area contributed by atoms with E-state index in [9.17, 15) is 9.59 Å². The first-order valence-corrected chi connectivity index (χ1v) is 11.8. The number of nitrogens with zero attached hydrogens (tertiary/aromatic N) is 1. The van der Waals surface area contributed by atoms with Gasteiger partial charge in [0.2, 0.25) is 11.8 Å². The molecule has 2 rings (SSSR count). The van der Waals surface area contributed by atoms with Crippen LogP contribution in [0.3, 0.4) is 0 Å². The molecule has 2 aromatic carbocycles. The van der Waals surface area contributed by atoms with Crippen molar-refractivity contribution < 1.29 is 9.59 Å². The molecular weight excluding hydrogens is 439 g/mol. The molecule has 0 bridgehead atoms. The summed E-state index contributed by atoms with van der Waals surface area (Å²) in [4.78, 5) is 27.3. The molecule has 0 unspecified atom stereocenters. The molecule has 1 atom stereocenters. The molecule has 0 fully saturated rings. The van der Waals surface area contributed by atoms with E-state index in [-0.39, 0.29) is 30.2 Å². The Kier molecular flexibility index (Phi) is 9.53. The first-order chi connectivity index (χ1) is 14.2. The van der Waals surface area contributed by atoms with Gasteiger partial charge >= 0.3 is 0 Å². The van der Waals surface area contributed by atoms with E-state index in [1.54, 1.807) is 35.7 Å². The first-order valence-electron chi connectivity index (χ1n) is 9.85. The zero-order valence-corrected chi connectivity index (χ0v) is 20.1. The summed E-state index contributed by atoms with van der Waals surface area (Å²) in [6.07, 6.45) is 0. The summed E-state index contributed by atoms with van der Waals surface area (Å²) in [6.45, 7) is 7.89. The lowest BCUT2D eigenvalue weighted by Gasteiger charge is -2.29. The molecule has 0 saturated carbocycles. The molecule has 0 saturated heterocycles. The highest BCUT2D eigenvalue weighted by Gasteiger charge is 2.26. The largest absolute Gasteiger partial charge is 0.352 e. The Labute approximate surface area is 193 Å². The summed E-state index contributed by atoms with van der Waals surface area (Å²) >= 11 is 13.7. The second-order valence-electron chi connectivity index (χ2n) is 7.53. The highest BCUT2D eigenvalue weighted by Crippen LogP contribution is 2.24. The quantitative estimate of drug-likeness (QED) is 0.532. The van der Waals surface area contributed by atoms with Gasteiger partial charge in [0.05, 0.1) is 15.8 Å². The Hall–Kier alpha value is -1.69. The van der Waals surface area contributed by atoms with Crippen molar-refractivity contribution >= 4 is 46.8 Å². The van der Waals surface area contributed by atoms with Crippen LogP contribution in [-0.4, -0.2) is 34.6 Å². The summed E-state index contributed by atoms with van der Waals surface area (Å²) in [5, 5.41) is 3.77. The molecule has 4 nitrogen and oxygen atoms in total. The predicted molar refractivity (Wildman–Crippen MR) is 127 cm³/mol. The van der Waals surface area contributed by atoms with Crippen molar-refractivity contribution in [3.63, 3.8) is 0 Å². The first kappa shape index (κ1) is 24.6. The molecule has 2 aromatic rings. The number of carbonyl (C=O) groups excluding carboxylic acids is 2. The number of carbonyl (C=O) groups is 2. The van der Waals surface area contributed by atoms with E-state index in [0.29, 0.717) is 10.0 Å². The fourth-order valence-electron chi connectivity index (χ4n) is 2.93. The lowest BCUT2D eigenvalue weighted by atomic mass is 10.1. The van der Waals surface area contributed by atoms with Crippen molar-refractivity contribution in [2.45, 2.75) is 52.1 Å². The van der Waals surface area contributed by atoms with Crippen LogP contribution < -0.4 is 5.32 Å². The number of thioether (sulfide) groups is 1. The molecule has 162 valence electrons. The Bertz CT molecular complexity index is 889. The molecule has 0 heterocycles. The third-order valence-electron chi connectivity index (χ3n) is 4.68. The SMILES string of the molecule is Cc1ccccc1CSCC(=O)N(Cc1ccc(Cl)c(Cl)c1)[C@@H](C)C(=O)NC(C)C. The van der Waals surface area contributed by atoms with Crippen LogP contribution in [-0.2, 0) is 21.9 Å². The second kappa shape index (κ2) is 11.6. The summed E-state index contributed by atoms with van der Waals surface area (Å²) in [7, 11) is 0. The zero-order valence-electron chi connectivity index (χ0n) is 17.7.